The van der Waals surface area contributed by atoms with Crippen molar-refractivity contribution >= 4 is 21.6 Å². The van der Waals surface area contributed by atoms with Gasteiger partial charge < -0.3 is 4.90 Å². The van der Waals surface area contributed by atoms with Gasteiger partial charge in [0.15, 0.2) is 0 Å². The first-order valence-corrected chi connectivity index (χ1v) is 10.2. The van der Waals surface area contributed by atoms with Crippen molar-refractivity contribution in [1.29, 1.82) is 0 Å². The molecule has 0 spiro atoms. The number of aryl methyl sites for hydroxylation is 2. The number of amides is 1. The van der Waals surface area contributed by atoms with Crippen LogP contribution in [0.25, 0.3) is 0 Å². The van der Waals surface area contributed by atoms with Crippen LogP contribution in [0.4, 0.5) is 5.69 Å². The van der Waals surface area contributed by atoms with Crippen molar-refractivity contribution < 1.29 is 13.2 Å². The second-order valence-electron chi connectivity index (χ2n) is 6.18. The van der Waals surface area contributed by atoms with E-state index in [0.29, 0.717) is 18.8 Å². The highest BCUT2D eigenvalue weighted by Crippen LogP contribution is 2.28. The molecular weight excluding hydrogens is 348 g/mol. The van der Waals surface area contributed by atoms with Gasteiger partial charge in [0.25, 0.3) is 10.0 Å². The first kappa shape index (κ1) is 20.0. The van der Waals surface area contributed by atoms with Gasteiger partial charge in [-0.05, 0) is 57.0 Å². The van der Waals surface area contributed by atoms with Gasteiger partial charge in [0.05, 0.1) is 10.6 Å². The van der Waals surface area contributed by atoms with Crippen LogP contribution in [-0.4, -0.2) is 38.9 Å². The minimum absolute atomic E-state index is 0.174. The lowest BCUT2D eigenvalue weighted by Crippen LogP contribution is -2.43. The predicted octanol–water partition coefficient (Wildman–Crippen LogP) is 3.37. The molecule has 0 atom stereocenters. The average Bonchev–Trinajstić information content (AvgIpc) is 2.63. The van der Waals surface area contributed by atoms with E-state index in [2.05, 4.69) is 0 Å². The highest BCUT2D eigenvalue weighted by atomic mass is 32.2. The zero-order chi connectivity index (χ0) is 19.3. The molecule has 140 valence electrons. The molecule has 2 rings (SSSR count). The normalized spacial score (nSPS) is 11.2. The molecule has 0 aliphatic rings. The van der Waals surface area contributed by atoms with E-state index in [4.69, 9.17) is 0 Å². The number of hydrogen-bond acceptors (Lipinski definition) is 3. The molecule has 1 amide bonds. The maximum Gasteiger partial charge on any atom is 0.264 e. The summed E-state index contributed by atoms with van der Waals surface area (Å²) in [5.74, 6) is -0.213. The zero-order valence-electron chi connectivity index (χ0n) is 15.8. The second kappa shape index (κ2) is 8.36. The maximum atomic E-state index is 13.3. The number of hydrogen-bond donors (Lipinski definition) is 0. The zero-order valence-corrected chi connectivity index (χ0v) is 16.6. The number of carbonyl (C=O) groups excluding carboxylic acids is 1. The summed E-state index contributed by atoms with van der Waals surface area (Å²) in [5, 5.41) is 0. The fourth-order valence-electron chi connectivity index (χ4n) is 2.81. The average molecular weight is 375 g/mol. The van der Waals surface area contributed by atoms with Crippen LogP contribution < -0.4 is 4.31 Å². The lowest BCUT2D eigenvalue weighted by molar-refractivity contribution is -0.129. The molecule has 5 nitrogen and oxygen atoms in total. The Morgan fingerprint density at radius 2 is 1.58 bits per heavy atom. The Hall–Kier alpha value is -2.34. The summed E-state index contributed by atoms with van der Waals surface area (Å²) >= 11 is 0. The van der Waals surface area contributed by atoms with Crippen molar-refractivity contribution in [3.8, 4) is 0 Å². The minimum Gasteiger partial charge on any atom is -0.342 e. The fraction of sp³-hybridized carbons (Fsp3) is 0.350. The first-order chi connectivity index (χ1) is 12.3. The Bertz CT molecular complexity index is 860. The van der Waals surface area contributed by atoms with E-state index < -0.39 is 10.0 Å². The van der Waals surface area contributed by atoms with Gasteiger partial charge in [-0.2, -0.15) is 0 Å². The summed E-state index contributed by atoms with van der Waals surface area (Å²) < 4.78 is 27.8. The molecule has 0 aliphatic carbocycles. The van der Waals surface area contributed by atoms with Gasteiger partial charge in [-0.15, -0.1) is 0 Å². The molecule has 6 heteroatoms. The summed E-state index contributed by atoms with van der Waals surface area (Å²) in [7, 11) is -3.85. The number of carbonyl (C=O) groups is 1. The second-order valence-corrected chi connectivity index (χ2v) is 8.04. The highest BCUT2D eigenvalue weighted by molar-refractivity contribution is 7.92. The van der Waals surface area contributed by atoms with Crippen LogP contribution in [0.2, 0.25) is 0 Å². The number of sulfonamides is 1. The Kier molecular flexibility index (Phi) is 6.42. The number of nitrogens with zero attached hydrogens (tertiary/aromatic N) is 2. The van der Waals surface area contributed by atoms with E-state index in [1.165, 1.54) is 4.31 Å². The SMILES string of the molecule is CCN(CC)C(=O)CN(c1cc(C)ccc1C)S(=O)(=O)c1ccccc1. The number of benzene rings is 2. The van der Waals surface area contributed by atoms with E-state index in [-0.39, 0.29) is 17.3 Å². The number of anilines is 1. The summed E-state index contributed by atoms with van der Waals surface area (Å²) in [6, 6.07) is 13.8. The van der Waals surface area contributed by atoms with Crippen LogP contribution >= 0.6 is 0 Å². The minimum atomic E-state index is -3.85. The van der Waals surface area contributed by atoms with Crippen LogP contribution in [0.1, 0.15) is 25.0 Å². The highest BCUT2D eigenvalue weighted by Gasteiger charge is 2.29. The third kappa shape index (κ3) is 4.25. The van der Waals surface area contributed by atoms with E-state index >= 15 is 0 Å². The van der Waals surface area contributed by atoms with Crippen molar-refractivity contribution in [1.82, 2.24) is 4.90 Å². The van der Waals surface area contributed by atoms with Crippen LogP contribution in [0.5, 0.6) is 0 Å². The van der Waals surface area contributed by atoms with Crippen LogP contribution in [-0.2, 0) is 14.8 Å². The van der Waals surface area contributed by atoms with Gasteiger partial charge in [-0.25, -0.2) is 8.42 Å². The molecule has 2 aromatic rings. The lowest BCUT2D eigenvalue weighted by Gasteiger charge is -2.28. The van der Waals surface area contributed by atoms with E-state index in [0.717, 1.165) is 11.1 Å². The number of rotatable bonds is 7. The topological polar surface area (TPSA) is 57.7 Å². The lowest BCUT2D eigenvalue weighted by atomic mass is 10.1. The number of likely N-dealkylation sites (N-methyl/N-ethyl adjacent to an activating group) is 1. The standard InChI is InChI=1S/C20H26N2O3S/c1-5-21(6-2)20(23)15-22(19-14-16(3)12-13-17(19)4)26(24,25)18-10-8-7-9-11-18/h7-14H,5-6,15H2,1-4H3. The smallest absolute Gasteiger partial charge is 0.264 e. The molecule has 0 fully saturated rings. The monoisotopic (exact) mass is 374 g/mol. The Morgan fingerprint density at radius 3 is 2.15 bits per heavy atom. The third-order valence-corrected chi connectivity index (χ3v) is 6.13. The summed E-state index contributed by atoms with van der Waals surface area (Å²) in [6.07, 6.45) is 0. The predicted molar refractivity (Wildman–Crippen MR) is 105 cm³/mol. The molecule has 0 aromatic heterocycles. The summed E-state index contributed by atoms with van der Waals surface area (Å²) in [4.78, 5) is 14.5. The van der Waals surface area contributed by atoms with Crippen molar-refractivity contribution in [2.75, 3.05) is 23.9 Å². The van der Waals surface area contributed by atoms with Gasteiger partial charge in [0, 0.05) is 13.1 Å². The molecule has 0 bridgehead atoms. The summed E-state index contributed by atoms with van der Waals surface area (Å²) in [6.45, 7) is 8.39. The molecule has 0 saturated carbocycles. The van der Waals surface area contributed by atoms with Gasteiger partial charge in [0.1, 0.15) is 6.54 Å². The molecule has 0 heterocycles. The van der Waals surface area contributed by atoms with Crippen LogP contribution in [0.15, 0.2) is 53.4 Å². The van der Waals surface area contributed by atoms with Crippen LogP contribution in [0.3, 0.4) is 0 Å². The molecule has 0 N–H and O–H groups in total. The summed E-state index contributed by atoms with van der Waals surface area (Å²) in [5.41, 5.74) is 2.28. The molecule has 2 aromatic carbocycles. The van der Waals surface area contributed by atoms with Crippen molar-refractivity contribution in [3.05, 3.63) is 59.7 Å². The van der Waals surface area contributed by atoms with Crippen LogP contribution in [0, 0.1) is 13.8 Å². The van der Waals surface area contributed by atoms with Gasteiger partial charge in [-0.3, -0.25) is 9.10 Å². The van der Waals surface area contributed by atoms with Crippen molar-refractivity contribution in [2.45, 2.75) is 32.6 Å². The van der Waals surface area contributed by atoms with E-state index in [1.807, 2.05) is 45.9 Å². The fourth-order valence-corrected chi connectivity index (χ4v) is 4.30. The first-order valence-electron chi connectivity index (χ1n) is 8.74. The van der Waals surface area contributed by atoms with E-state index in [9.17, 15) is 13.2 Å². The molecule has 26 heavy (non-hydrogen) atoms. The van der Waals surface area contributed by atoms with Crippen molar-refractivity contribution in [3.63, 3.8) is 0 Å². The largest absolute Gasteiger partial charge is 0.342 e. The van der Waals surface area contributed by atoms with Crippen molar-refractivity contribution in [2.24, 2.45) is 0 Å². The Morgan fingerprint density at radius 1 is 0.962 bits per heavy atom. The molecule has 0 saturated heterocycles. The molecule has 0 aliphatic heterocycles. The van der Waals surface area contributed by atoms with E-state index in [1.54, 1.807) is 35.2 Å². The maximum absolute atomic E-state index is 13.3. The molecule has 0 radical (unpaired) electrons. The Labute approximate surface area is 156 Å². The van der Waals surface area contributed by atoms with Gasteiger partial charge in [-0.1, -0.05) is 30.3 Å². The molecule has 0 unspecified atom stereocenters. The van der Waals surface area contributed by atoms with Gasteiger partial charge in [0.2, 0.25) is 5.91 Å². The quantitative estimate of drug-likeness (QED) is 0.747. The third-order valence-electron chi connectivity index (χ3n) is 4.36. The Balaban J connectivity index is 2.55. The van der Waals surface area contributed by atoms with Gasteiger partial charge >= 0.3 is 0 Å². The molecular formula is C20H26N2O3S.